The summed E-state index contributed by atoms with van der Waals surface area (Å²) >= 11 is 0. The van der Waals surface area contributed by atoms with Crippen LogP contribution in [0.1, 0.15) is 46.5 Å². The van der Waals surface area contributed by atoms with Crippen molar-refractivity contribution >= 4 is 11.8 Å². The quantitative estimate of drug-likeness (QED) is 0.516. The van der Waals surface area contributed by atoms with E-state index in [1.54, 1.807) is 0 Å². The Morgan fingerprint density at radius 2 is 1.56 bits per heavy atom. The molecule has 0 fully saturated rings. The van der Waals surface area contributed by atoms with E-state index in [-0.39, 0.29) is 17.4 Å². The molecule has 0 bridgehead atoms. The largest absolute Gasteiger partial charge is 0.376 e. The fourth-order valence-corrected chi connectivity index (χ4v) is 1.76. The monoisotopic (exact) mass is 253 g/mol. The van der Waals surface area contributed by atoms with Gasteiger partial charge < -0.3 is 4.74 Å². The SMILES string of the molecule is CC(C)(C)OCCCCCCN1C(=O)C=CC1=O. The molecular formula is C14H23NO3. The van der Waals surface area contributed by atoms with Crippen LogP contribution in [0.4, 0.5) is 0 Å². The van der Waals surface area contributed by atoms with Crippen molar-refractivity contribution in [2.24, 2.45) is 0 Å². The molecule has 0 aliphatic carbocycles. The minimum atomic E-state index is -0.184. The molecule has 2 amide bonds. The minimum Gasteiger partial charge on any atom is -0.376 e. The number of hydrogen-bond acceptors (Lipinski definition) is 3. The lowest BCUT2D eigenvalue weighted by atomic mass is 10.1. The molecule has 18 heavy (non-hydrogen) atoms. The molecular weight excluding hydrogens is 230 g/mol. The summed E-state index contributed by atoms with van der Waals surface area (Å²) in [6.45, 7) is 7.44. The summed E-state index contributed by atoms with van der Waals surface area (Å²) in [7, 11) is 0. The molecule has 0 atom stereocenters. The Morgan fingerprint density at radius 1 is 1.00 bits per heavy atom. The smallest absolute Gasteiger partial charge is 0.253 e. The standard InChI is InChI=1S/C14H23NO3/c1-14(2,3)18-11-7-5-4-6-10-15-12(16)8-9-13(15)17/h8-9H,4-7,10-11H2,1-3H3. The van der Waals surface area contributed by atoms with Gasteiger partial charge in [-0.15, -0.1) is 0 Å². The van der Waals surface area contributed by atoms with Crippen LogP contribution < -0.4 is 0 Å². The molecule has 102 valence electrons. The van der Waals surface area contributed by atoms with Crippen LogP contribution in [-0.2, 0) is 14.3 Å². The van der Waals surface area contributed by atoms with Crippen LogP contribution in [0.25, 0.3) is 0 Å². The van der Waals surface area contributed by atoms with E-state index >= 15 is 0 Å². The lowest BCUT2D eigenvalue weighted by Gasteiger charge is -2.19. The van der Waals surface area contributed by atoms with Crippen LogP contribution in [-0.4, -0.2) is 35.5 Å². The Labute approximate surface area is 109 Å². The predicted octanol–water partition coefficient (Wildman–Crippen LogP) is 2.29. The van der Waals surface area contributed by atoms with Gasteiger partial charge in [0.2, 0.25) is 0 Å². The Hall–Kier alpha value is -1.16. The summed E-state index contributed by atoms with van der Waals surface area (Å²) in [6, 6.07) is 0. The van der Waals surface area contributed by atoms with Crippen molar-refractivity contribution in [3.05, 3.63) is 12.2 Å². The van der Waals surface area contributed by atoms with Crippen molar-refractivity contribution < 1.29 is 14.3 Å². The second-order valence-corrected chi connectivity index (χ2v) is 5.54. The Kier molecular flexibility index (Phi) is 5.54. The lowest BCUT2D eigenvalue weighted by molar-refractivity contribution is -0.136. The molecule has 4 nitrogen and oxygen atoms in total. The molecule has 0 spiro atoms. The third-order valence-electron chi connectivity index (χ3n) is 2.71. The summed E-state index contributed by atoms with van der Waals surface area (Å²) < 4.78 is 5.61. The Balaban J connectivity index is 1.99. The Morgan fingerprint density at radius 3 is 2.11 bits per heavy atom. The fourth-order valence-electron chi connectivity index (χ4n) is 1.76. The van der Waals surface area contributed by atoms with Crippen LogP contribution >= 0.6 is 0 Å². The third-order valence-corrected chi connectivity index (χ3v) is 2.71. The van der Waals surface area contributed by atoms with E-state index in [1.165, 1.54) is 17.1 Å². The summed E-state index contributed by atoms with van der Waals surface area (Å²) in [5.74, 6) is -0.368. The molecule has 0 aromatic carbocycles. The topological polar surface area (TPSA) is 46.6 Å². The maximum absolute atomic E-state index is 11.3. The number of carbonyl (C=O) groups is 2. The van der Waals surface area contributed by atoms with E-state index in [9.17, 15) is 9.59 Å². The van der Waals surface area contributed by atoms with Gasteiger partial charge in [-0.1, -0.05) is 12.8 Å². The number of unbranched alkanes of at least 4 members (excludes halogenated alkanes) is 3. The van der Waals surface area contributed by atoms with Gasteiger partial charge >= 0.3 is 0 Å². The van der Waals surface area contributed by atoms with Crippen LogP contribution in [0.15, 0.2) is 12.2 Å². The zero-order chi connectivity index (χ0) is 13.6. The molecule has 1 heterocycles. The van der Waals surface area contributed by atoms with Crippen molar-refractivity contribution in [2.45, 2.75) is 52.1 Å². The highest BCUT2D eigenvalue weighted by atomic mass is 16.5. The molecule has 0 unspecified atom stereocenters. The molecule has 1 rings (SSSR count). The van der Waals surface area contributed by atoms with Gasteiger partial charge in [0.15, 0.2) is 0 Å². The molecule has 4 heteroatoms. The number of amides is 2. The van der Waals surface area contributed by atoms with Crippen LogP contribution in [0.3, 0.4) is 0 Å². The molecule has 1 aliphatic rings. The van der Waals surface area contributed by atoms with E-state index in [0.717, 1.165) is 32.3 Å². The predicted molar refractivity (Wildman–Crippen MR) is 70.0 cm³/mol. The number of carbonyl (C=O) groups excluding carboxylic acids is 2. The van der Waals surface area contributed by atoms with Gasteiger partial charge in [0, 0.05) is 25.3 Å². The van der Waals surface area contributed by atoms with Gasteiger partial charge in [0.1, 0.15) is 0 Å². The molecule has 0 aromatic heterocycles. The number of ether oxygens (including phenoxy) is 1. The molecule has 1 aliphatic heterocycles. The highest BCUT2D eigenvalue weighted by Gasteiger charge is 2.22. The zero-order valence-corrected chi connectivity index (χ0v) is 11.6. The third kappa shape index (κ3) is 5.45. The van der Waals surface area contributed by atoms with Gasteiger partial charge in [-0.3, -0.25) is 14.5 Å². The minimum absolute atomic E-state index is 0.0694. The summed E-state index contributed by atoms with van der Waals surface area (Å²) in [5.41, 5.74) is -0.0694. The van der Waals surface area contributed by atoms with Gasteiger partial charge in [-0.2, -0.15) is 0 Å². The van der Waals surface area contributed by atoms with Crippen LogP contribution in [0.2, 0.25) is 0 Å². The highest BCUT2D eigenvalue weighted by molar-refractivity contribution is 6.12. The zero-order valence-electron chi connectivity index (χ0n) is 11.6. The molecule has 0 aromatic rings. The first-order valence-electron chi connectivity index (χ1n) is 6.58. The van der Waals surface area contributed by atoms with E-state index in [2.05, 4.69) is 0 Å². The average Bonchev–Trinajstić information content (AvgIpc) is 2.57. The number of imide groups is 1. The van der Waals surface area contributed by atoms with E-state index < -0.39 is 0 Å². The molecule has 0 saturated heterocycles. The second-order valence-electron chi connectivity index (χ2n) is 5.54. The van der Waals surface area contributed by atoms with Gasteiger partial charge in [-0.05, 0) is 33.6 Å². The first-order valence-corrected chi connectivity index (χ1v) is 6.58. The number of hydrogen-bond donors (Lipinski definition) is 0. The van der Waals surface area contributed by atoms with E-state index in [0.29, 0.717) is 6.54 Å². The highest BCUT2D eigenvalue weighted by Crippen LogP contribution is 2.10. The maximum atomic E-state index is 11.3. The molecule has 0 saturated carbocycles. The van der Waals surface area contributed by atoms with E-state index in [1.807, 2.05) is 20.8 Å². The lowest BCUT2D eigenvalue weighted by Crippen LogP contribution is -2.30. The van der Waals surface area contributed by atoms with E-state index in [4.69, 9.17) is 4.74 Å². The second kappa shape index (κ2) is 6.69. The first-order chi connectivity index (χ1) is 8.40. The van der Waals surface area contributed by atoms with Crippen molar-refractivity contribution in [2.75, 3.05) is 13.2 Å². The molecule has 0 N–H and O–H groups in total. The van der Waals surface area contributed by atoms with Gasteiger partial charge in [-0.25, -0.2) is 0 Å². The van der Waals surface area contributed by atoms with Crippen molar-refractivity contribution in [3.63, 3.8) is 0 Å². The number of nitrogens with zero attached hydrogens (tertiary/aromatic N) is 1. The van der Waals surface area contributed by atoms with Crippen LogP contribution in [0.5, 0.6) is 0 Å². The van der Waals surface area contributed by atoms with Crippen molar-refractivity contribution in [1.29, 1.82) is 0 Å². The van der Waals surface area contributed by atoms with Gasteiger partial charge in [0.25, 0.3) is 11.8 Å². The summed E-state index contributed by atoms with van der Waals surface area (Å²) in [4.78, 5) is 23.8. The molecule has 0 radical (unpaired) electrons. The number of rotatable bonds is 7. The van der Waals surface area contributed by atoms with Crippen molar-refractivity contribution in [3.8, 4) is 0 Å². The maximum Gasteiger partial charge on any atom is 0.253 e. The normalized spacial score (nSPS) is 15.8. The van der Waals surface area contributed by atoms with Gasteiger partial charge in [0.05, 0.1) is 5.60 Å². The summed E-state index contributed by atoms with van der Waals surface area (Å²) in [5, 5.41) is 0. The van der Waals surface area contributed by atoms with Crippen LogP contribution in [0, 0.1) is 0 Å². The fraction of sp³-hybridized carbons (Fsp3) is 0.714. The summed E-state index contributed by atoms with van der Waals surface area (Å²) in [6.07, 6.45) is 6.65. The Bertz CT molecular complexity index is 310. The first kappa shape index (κ1) is 14.9. The average molecular weight is 253 g/mol. The van der Waals surface area contributed by atoms with Crippen molar-refractivity contribution in [1.82, 2.24) is 4.90 Å².